The van der Waals surface area contributed by atoms with E-state index in [9.17, 15) is 9.90 Å². The highest BCUT2D eigenvalue weighted by molar-refractivity contribution is 5.79. The molecule has 2 saturated heterocycles. The van der Waals surface area contributed by atoms with Crippen LogP contribution in [0.25, 0.3) is 0 Å². The molecule has 1 N–H and O–H groups in total. The summed E-state index contributed by atoms with van der Waals surface area (Å²) in [7, 11) is 2.11. The minimum absolute atomic E-state index is 0.507. The minimum atomic E-state index is -0.634. The van der Waals surface area contributed by atoms with E-state index in [0.717, 1.165) is 58.5 Å². The molecule has 0 amide bonds. The Bertz CT molecular complexity index is 340. The van der Waals surface area contributed by atoms with Gasteiger partial charge in [0.1, 0.15) is 5.54 Å². The van der Waals surface area contributed by atoms with Crippen molar-refractivity contribution < 1.29 is 9.90 Å². The Kier molecular flexibility index (Phi) is 5.04. The number of aliphatic carboxylic acids is 1. The van der Waals surface area contributed by atoms with Crippen LogP contribution in [-0.4, -0.2) is 83.7 Å². The summed E-state index contributed by atoms with van der Waals surface area (Å²) in [5.74, 6) is -0.618. The molecule has 0 radical (unpaired) electrons. The second-order valence-corrected chi connectivity index (χ2v) is 6.61. The lowest BCUT2D eigenvalue weighted by atomic mass is 9.87. The van der Waals surface area contributed by atoms with Crippen LogP contribution in [0.4, 0.5) is 0 Å². The Hall–Kier alpha value is -0.650. The lowest BCUT2D eigenvalue weighted by molar-refractivity contribution is -0.154. The molecule has 2 fully saturated rings. The second kappa shape index (κ2) is 6.41. The van der Waals surface area contributed by atoms with Crippen molar-refractivity contribution in [1.29, 1.82) is 0 Å². The van der Waals surface area contributed by atoms with Gasteiger partial charge in [0.15, 0.2) is 0 Å². The summed E-state index contributed by atoms with van der Waals surface area (Å²) in [5, 5.41) is 9.88. The van der Waals surface area contributed by atoms with Gasteiger partial charge in [0, 0.05) is 38.8 Å². The number of carboxylic acids is 1. The average Bonchev–Trinajstić information content (AvgIpc) is 2.63. The summed E-state index contributed by atoms with van der Waals surface area (Å²) < 4.78 is 0. The maximum Gasteiger partial charge on any atom is 0.324 e. The van der Waals surface area contributed by atoms with Crippen molar-refractivity contribution >= 4 is 5.97 Å². The van der Waals surface area contributed by atoms with Gasteiger partial charge < -0.3 is 14.9 Å². The lowest BCUT2D eigenvalue weighted by Gasteiger charge is -2.44. The van der Waals surface area contributed by atoms with Crippen molar-refractivity contribution in [2.75, 3.05) is 46.3 Å². The van der Waals surface area contributed by atoms with Crippen molar-refractivity contribution in [1.82, 2.24) is 14.7 Å². The molecule has 5 heteroatoms. The molecule has 0 aromatic rings. The summed E-state index contributed by atoms with van der Waals surface area (Å²) in [6, 6.07) is 0.507. The van der Waals surface area contributed by atoms with E-state index in [4.69, 9.17) is 0 Å². The monoisotopic (exact) mass is 283 g/mol. The molecule has 0 saturated carbocycles. The Morgan fingerprint density at radius 3 is 2.25 bits per heavy atom. The van der Waals surface area contributed by atoms with Gasteiger partial charge in [-0.25, -0.2) is 0 Å². The molecule has 5 nitrogen and oxygen atoms in total. The second-order valence-electron chi connectivity index (χ2n) is 6.61. The number of hydrogen-bond acceptors (Lipinski definition) is 4. The predicted octanol–water partition coefficient (Wildman–Crippen LogP) is 0.952. The van der Waals surface area contributed by atoms with E-state index < -0.39 is 11.5 Å². The minimum Gasteiger partial charge on any atom is -0.480 e. The van der Waals surface area contributed by atoms with Gasteiger partial charge in [0.2, 0.25) is 0 Å². The summed E-state index contributed by atoms with van der Waals surface area (Å²) >= 11 is 0. The Balaban J connectivity index is 2.11. The van der Waals surface area contributed by atoms with Gasteiger partial charge >= 0.3 is 5.97 Å². The van der Waals surface area contributed by atoms with E-state index in [2.05, 4.69) is 35.6 Å². The molecule has 2 aliphatic heterocycles. The number of carboxylic acid groups (broad SMARTS) is 1. The third-order valence-electron chi connectivity index (χ3n) is 5.09. The molecule has 2 rings (SSSR count). The molecule has 1 unspecified atom stereocenters. The normalized spacial score (nSPS) is 31.4. The molecule has 0 aliphatic carbocycles. The molecule has 20 heavy (non-hydrogen) atoms. The number of likely N-dealkylation sites (N-methyl/N-ethyl adjacent to an activating group) is 1. The highest BCUT2D eigenvalue weighted by Crippen LogP contribution is 2.31. The third kappa shape index (κ3) is 3.15. The van der Waals surface area contributed by atoms with E-state index in [1.807, 2.05) is 0 Å². The van der Waals surface area contributed by atoms with Crippen molar-refractivity contribution in [2.45, 2.75) is 44.7 Å². The van der Waals surface area contributed by atoms with Gasteiger partial charge in [-0.15, -0.1) is 0 Å². The summed E-state index contributed by atoms with van der Waals surface area (Å²) in [6.07, 6.45) is 2.52. The largest absolute Gasteiger partial charge is 0.480 e. The first-order valence-electron chi connectivity index (χ1n) is 7.87. The maximum atomic E-state index is 12.0. The zero-order valence-electron chi connectivity index (χ0n) is 13.1. The van der Waals surface area contributed by atoms with Crippen LogP contribution in [0.1, 0.15) is 33.1 Å². The number of nitrogens with zero attached hydrogens (tertiary/aromatic N) is 3. The number of hydrogen-bond donors (Lipinski definition) is 1. The van der Waals surface area contributed by atoms with E-state index in [1.54, 1.807) is 0 Å². The van der Waals surface area contributed by atoms with Crippen LogP contribution < -0.4 is 0 Å². The van der Waals surface area contributed by atoms with E-state index in [-0.39, 0.29) is 0 Å². The fraction of sp³-hybridized carbons (Fsp3) is 0.933. The van der Waals surface area contributed by atoms with Gasteiger partial charge in [0.05, 0.1) is 0 Å². The Morgan fingerprint density at radius 2 is 1.70 bits per heavy atom. The van der Waals surface area contributed by atoms with Crippen LogP contribution in [0.2, 0.25) is 0 Å². The summed E-state index contributed by atoms with van der Waals surface area (Å²) in [5.41, 5.74) is -0.634. The van der Waals surface area contributed by atoms with Crippen LogP contribution in [0.3, 0.4) is 0 Å². The fourth-order valence-corrected chi connectivity index (χ4v) is 3.56. The van der Waals surface area contributed by atoms with Gasteiger partial charge in [0.25, 0.3) is 0 Å². The zero-order chi connectivity index (χ0) is 14.8. The topological polar surface area (TPSA) is 47.0 Å². The first-order chi connectivity index (χ1) is 9.45. The number of rotatable bonds is 3. The maximum absolute atomic E-state index is 12.0. The fourth-order valence-electron chi connectivity index (χ4n) is 3.56. The molecular formula is C15H29N3O2. The molecule has 0 aromatic heterocycles. The lowest BCUT2D eigenvalue weighted by Crippen LogP contribution is -2.60. The molecule has 0 spiro atoms. The van der Waals surface area contributed by atoms with Crippen LogP contribution >= 0.6 is 0 Å². The Labute approximate surface area is 122 Å². The predicted molar refractivity (Wildman–Crippen MR) is 80.0 cm³/mol. The van der Waals surface area contributed by atoms with Gasteiger partial charge in [-0.05, 0) is 46.7 Å². The molecular weight excluding hydrogens is 254 g/mol. The highest BCUT2D eigenvalue weighted by atomic mass is 16.4. The first-order valence-corrected chi connectivity index (χ1v) is 7.87. The van der Waals surface area contributed by atoms with Crippen molar-refractivity contribution in [2.24, 2.45) is 0 Å². The zero-order valence-corrected chi connectivity index (χ0v) is 13.1. The van der Waals surface area contributed by atoms with Gasteiger partial charge in [-0.1, -0.05) is 0 Å². The number of carbonyl (C=O) groups is 1. The highest BCUT2D eigenvalue weighted by Gasteiger charge is 2.45. The summed E-state index contributed by atoms with van der Waals surface area (Å²) in [4.78, 5) is 18.9. The summed E-state index contributed by atoms with van der Waals surface area (Å²) in [6.45, 7) is 10.0. The van der Waals surface area contributed by atoms with Gasteiger partial charge in [-0.2, -0.15) is 0 Å². The van der Waals surface area contributed by atoms with Crippen LogP contribution in [0.5, 0.6) is 0 Å². The number of piperazine rings is 1. The molecule has 2 heterocycles. The SMILES string of the molecule is CC(C)N1CCCC(C(=O)O)(N2CCN(C)CC2)CC1. The van der Waals surface area contributed by atoms with Crippen LogP contribution in [-0.2, 0) is 4.79 Å². The van der Waals surface area contributed by atoms with Crippen molar-refractivity contribution in [3.8, 4) is 0 Å². The first kappa shape index (κ1) is 15.7. The van der Waals surface area contributed by atoms with Crippen LogP contribution in [0, 0.1) is 0 Å². The molecule has 1 atom stereocenters. The van der Waals surface area contributed by atoms with E-state index >= 15 is 0 Å². The average molecular weight is 283 g/mol. The van der Waals surface area contributed by atoms with Crippen molar-refractivity contribution in [3.05, 3.63) is 0 Å². The third-order valence-corrected chi connectivity index (χ3v) is 5.09. The molecule has 2 aliphatic rings. The quantitative estimate of drug-likeness (QED) is 0.836. The van der Waals surface area contributed by atoms with Crippen LogP contribution in [0.15, 0.2) is 0 Å². The van der Waals surface area contributed by atoms with Crippen molar-refractivity contribution in [3.63, 3.8) is 0 Å². The molecule has 116 valence electrons. The van der Waals surface area contributed by atoms with E-state index in [0.29, 0.717) is 6.04 Å². The number of likely N-dealkylation sites (tertiary alicyclic amines) is 1. The molecule has 0 aromatic carbocycles. The molecule has 0 bridgehead atoms. The smallest absolute Gasteiger partial charge is 0.324 e. The van der Waals surface area contributed by atoms with Gasteiger partial charge in [-0.3, -0.25) is 9.69 Å². The Morgan fingerprint density at radius 1 is 1.05 bits per heavy atom. The van der Waals surface area contributed by atoms with E-state index in [1.165, 1.54) is 0 Å². The standard InChI is InChI=1S/C15H29N3O2/c1-13(2)17-7-4-5-15(6-8-17,14(19)20)18-11-9-16(3)10-12-18/h13H,4-12H2,1-3H3,(H,19,20).